The van der Waals surface area contributed by atoms with Gasteiger partial charge in [-0.3, -0.25) is 4.99 Å². The molecule has 0 aliphatic carbocycles. The molecule has 0 aromatic rings. The van der Waals surface area contributed by atoms with Crippen molar-refractivity contribution >= 4 is 12.0 Å². The largest absolute Gasteiger partial charge is 0.505 e. The van der Waals surface area contributed by atoms with Gasteiger partial charge in [-0.1, -0.05) is 6.42 Å². The van der Waals surface area contributed by atoms with Gasteiger partial charge in [0.25, 0.3) is 0 Å². The van der Waals surface area contributed by atoms with E-state index in [0.717, 1.165) is 6.54 Å². The van der Waals surface area contributed by atoms with Crippen LogP contribution in [0.3, 0.4) is 0 Å². The van der Waals surface area contributed by atoms with Crippen molar-refractivity contribution in [1.82, 2.24) is 9.80 Å². The summed E-state index contributed by atoms with van der Waals surface area (Å²) in [6, 6.07) is 0. The molecule has 6 nitrogen and oxygen atoms in total. The number of carbonyl (C=O) groups is 1. The number of aliphatic imine (C=N–C) groups is 1. The summed E-state index contributed by atoms with van der Waals surface area (Å²) in [5.41, 5.74) is 0. The molecule has 1 saturated heterocycles. The molecule has 2 rings (SSSR count). The quantitative estimate of drug-likeness (QED) is 0.802. The van der Waals surface area contributed by atoms with Crippen molar-refractivity contribution in [3.05, 3.63) is 0 Å². The standard InChI is InChI=1S/C9H16N2.C5H11NO3/c1-2-5-9-10-6-4-8-11(9)7-3-1;1-6(2)3-4-9-5(7)8/h1-8H2;3-4H2,1-2H3,(H,7,8). The van der Waals surface area contributed by atoms with Crippen LogP contribution in [0.1, 0.15) is 32.1 Å². The summed E-state index contributed by atoms with van der Waals surface area (Å²) in [7, 11) is 3.70. The average Bonchev–Trinajstić information content (AvgIpc) is 2.63. The minimum atomic E-state index is -1.21. The first-order chi connectivity index (χ1) is 9.59. The molecule has 2 aliphatic rings. The summed E-state index contributed by atoms with van der Waals surface area (Å²) in [5.74, 6) is 1.40. The van der Waals surface area contributed by atoms with Gasteiger partial charge in [-0.15, -0.1) is 0 Å². The second-order valence-corrected chi connectivity index (χ2v) is 5.37. The topological polar surface area (TPSA) is 65.4 Å². The number of rotatable bonds is 3. The zero-order valence-corrected chi connectivity index (χ0v) is 12.7. The summed E-state index contributed by atoms with van der Waals surface area (Å²) in [5, 5.41) is 7.99. The molecule has 1 fully saturated rings. The Labute approximate surface area is 121 Å². The summed E-state index contributed by atoms with van der Waals surface area (Å²) in [6.07, 6.45) is 5.42. The van der Waals surface area contributed by atoms with E-state index < -0.39 is 6.16 Å². The van der Waals surface area contributed by atoms with Gasteiger partial charge in [0.15, 0.2) is 0 Å². The lowest BCUT2D eigenvalue weighted by molar-refractivity contribution is 0.0857. The molecule has 6 heteroatoms. The maximum Gasteiger partial charge on any atom is 0.505 e. The zero-order chi connectivity index (χ0) is 14.8. The van der Waals surface area contributed by atoms with Crippen molar-refractivity contribution in [3.8, 4) is 0 Å². The molecular weight excluding hydrogens is 258 g/mol. The van der Waals surface area contributed by atoms with Crippen molar-refractivity contribution < 1.29 is 14.6 Å². The lowest BCUT2D eigenvalue weighted by Crippen LogP contribution is -2.34. The number of ether oxygens (including phenoxy) is 1. The van der Waals surface area contributed by atoms with Gasteiger partial charge in [0, 0.05) is 32.6 Å². The first-order valence-electron chi connectivity index (χ1n) is 7.38. The lowest BCUT2D eigenvalue weighted by Gasteiger charge is -2.27. The van der Waals surface area contributed by atoms with Gasteiger partial charge in [0.1, 0.15) is 6.61 Å². The molecule has 1 N–H and O–H groups in total. The van der Waals surface area contributed by atoms with Crippen LogP contribution in [0.5, 0.6) is 0 Å². The molecule has 0 aromatic carbocycles. The van der Waals surface area contributed by atoms with E-state index in [2.05, 4.69) is 14.6 Å². The van der Waals surface area contributed by atoms with E-state index in [4.69, 9.17) is 5.11 Å². The third kappa shape index (κ3) is 7.33. The number of hydrogen-bond donors (Lipinski definition) is 1. The maximum atomic E-state index is 9.74. The van der Waals surface area contributed by atoms with E-state index in [1.54, 1.807) is 0 Å². The highest BCUT2D eigenvalue weighted by Gasteiger charge is 2.16. The number of fused-ring (bicyclic) bond motifs is 1. The SMILES string of the molecule is C1CCC2=NCCCN2CC1.CN(C)CCOC(=O)O. The van der Waals surface area contributed by atoms with Crippen LogP contribution in [0.2, 0.25) is 0 Å². The van der Waals surface area contributed by atoms with E-state index >= 15 is 0 Å². The van der Waals surface area contributed by atoms with Crippen LogP contribution < -0.4 is 0 Å². The van der Waals surface area contributed by atoms with Gasteiger partial charge >= 0.3 is 6.16 Å². The fraction of sp³-hybridized carbons (Fsp3) is 0.857. The highest BCUT2D eigenvalue weighted by Crippen LogP contribution is 2.15. The Morgan fingerprint density at radius 2 is 2.05 bits per heavy atom. The molecule has 2 aliphatic heterocycles. The Balaban J connectivity index is 0.000000206. The Hall–Kier alpha value is -1.30. The van der Waals surface area contributed by atoms with Gasteiger partial charge < -0.3 is 19.6 Å². The highest BCUT2D eigenvalue weighted by atomic mass is 16.7. The maximum absolute atomic E-state index is 9.74. The molecular formula is C14H27N3O3. The Kier molecular flexibility index (Phi) is 8.02. The molecule has 0 atom stereocenters. The lowest BCUT2D eigenvalue weighted by atomic mass is 10.2. The number of likely N-dealkylation sites (N-methyl/N-ethyl adjacent to an activating group) is 1. The van der Waals surface area contributed by atoms with Crippen molar-refractivity contribution in [3.63, 3.8) is 0 Å². The minimum absolute atomic E-state index is 0.238. The fourth-order valence-corrected chi connectivity index (χ4v) is 2.25. The summed E-state index contributed by atoms with van der Waals surface area (Å²) in [4.78, 5) is 18.6. The van der Waals surface area contributed by atoms with E-state index in [9.17, 15) is 4.79 Å². The third-order valence-corrected chi connectivity index (χ3v) is 3.34. The van der Waals surface area contributed by atoms with E-state index in [1.807, 2.05) is 19.0 Å². The predicted molar refractivity (Wildman–Crippen MR) is 79.5 cm³/mol. The molecule has 0 spiro atoms. The molecule has 2 heterocycles. The fourth-order valence-electron chi connectivity index (χ4n) is 2.25. The normalized spacial score (nSPS) is 18.4. The van der Waals surface area contributed by atoms with Gasteiger partial charge in [0.2, 0.25) is 0 Å². The molecule has 0 aromatic heterocycles. The van der Waals surface area contributed by atoms with Gasteiger partial charge in [-0.2, -0.15) is 0 Å². The van der Waals surface area contributed by atoms with Crippen LogP contribution in [-0.2, 0) is 4.74 Å². The predicted octanol–water partition coefficient (Wildman–Crippen LogP) is 1.91. The van der Waals surface area contributed by atoms with Crippen LogP contribution in [0.15, 0.2) is 4.99 Å². The van der Waals surface area contributed by atoms with Crippen molar-refractivity contribution in [1.29, 1.82) is 0 Å². The Morgan fingerprint density at radius 1 is 1.30 bits per heavy atom. The summed E-state index contributed by atoms with van der Waals surface area (Å²) >= 11 is 0. The van der Waals surface area contributed by atoms with Crippen LogP contribution >= 0.6 is 0 Å². The first kappa shape index (κ1) is 16.8. The smallest absolute Gasteiger partial charge is 0.450 e. The zero-order valence-electron chi connectivity index (χ0n) is 12.7. The molecule has 20 heavy (non-hydrogen) atoms. The highest BCUT2D eigenvalue weighted by molar-refractivity contribution is 5.83. The minimum Gasteiger partial charge on any atom is -0.450 e. The number of amidine groups is 1. The van der Waals surface area contributed by atoms with Crippen LogP contribution in [0.25, 0.3) is 0 Å². The third-order valence-electron chi connectivity index (χ3n) is 3.34. The molecule has 0 bridgehead atoms. The van der Waals surface area contributed by atoms with E-state index in [0.29, 0.717) is 6.54 Å². The van der Waals surface area contributed by atoms with Crippen LogP contribution in [0, 0.1) is 0 Å². The molecule has 116 valence electrons. The number of nitrogens with zero attached hydrogens (tertiary/aromatic N) is 3. The van der Waals surface area contributed by atoms with Gasteiger partial charge in [0.05, 0.1) is 5.84 Å². The van der Waals surface area contributed by atoms with E-state index in [1.165, 1.54) is 51.0 Å². The first-order valence-corrected chi connectivity index (χ1v) is 7.38. The van der Waals surface area contributed by atoms with Crippen LogP contribution in [0.4, 0.5) is 4.79 Å². The summed E-state index contributed by atoms with van der Waals surface area (Å²) in [6.45, 7) is 4.47. The molecule has 0 radical (unpaired) electrons. The van der Waals surface area contributed by atoms with Gasteiger partial charge in [-0.25, -0.2) is 4.79 Å². The molecule has 0 unspecified atom stereocenters. The molecule has 0 amide bonds. The number of hydrogen-bond acceptors (Lipinski definition) is 5. The number of carboxylic acid groups (broad SMARTS) is 1. The van der Waals surface area contributed by atoms with Crippen molar-refractivity contribution in [2.45, 2.75) is 32.1 Å². The van der Waals surface area contributed by atoms with E-state index in [-0.39, 0.29) is 6.61 Å². The summed E-state index contributed by atoms with van der Waals surface area (Å²) < 4.78 is 4.23. The second-order valence-electron chi connectivity index (χ2n) is 5.37. The second kappa shape index (κ2) is 9.58. The average molecular weight is 285 g/mol. The van der Waals surface area contributed by atoms with Crippen molar-refractivity contribution in [2.24, 2.45) is 4.99 Å². The Morgan fingerprint density at radius 3 is 2.75 bits per heavy atom. The van der Waals surface area contributed by atoms with Crippen LogP contribution in [-0.4, -0.2) is 73.8 Å². The van der Waals surface area contributed by atoms with Gasteiger partial charge in [-0.05, 0) is 33.4 Å². The molecule has 0 saturated carbocycles. The van der Waals surface area contributed by atoms with Crippen molar-refractivity contribution in [2.75, 3.05) is 46.9 Å². The Bertz CT molecular complexity index is 319. The monoisotopic (exact) mass is 285 g/mol.